The summed E-state index contributed by atoms with van der Waals surface area (Å²) in [6.07, 6.45) is 6.80. The summed E-state index contributed by atoms with van der Waals surface area (Å²) < 4.78 is 11.6. The van der Waals surface area contributed by atoms with E-state index in [1.807, 2.05) is 19.1 Å². The Morgan fingerprint density at radius 1 is 1.25 bits per heavy atom. The monoisotopic (exact) mass is 268 g/mol. The predicted molar refractivity (Wildman–Crippen MR) is 79.1 cm³/mol. The molecule has 20 heavy (non-hydrogen) atoms. The Morgan fingerprint density at radius 2 is 2.15 bits per heavy atom. The van der Waals surface area contributed by atoms with Gasteiger partial charge in [0.1, 0.15) is 11.6 Å². The summed E-state index contributed by atoms with van der Waals surface area (Å²) in [5.74, 6) is 2.54. The Hall–Kier alpha value is -2.49. The zero-order valence-corrected chi connectivity index (χ0v) is 11.3. The molecule has 0 bridgehead atoms. The summed E-state index contributed by atoms with van der Waals surface area (Å²) in [4.78, 5) is 3.95. The minimum absolute atomic E-state index is 0.432. The number of hydrogen-bond donors (Lipinski definition) is 1. The van der Waals surface area contributed by atoms with Crippen LogP contribution in [0.2, 0.25) is 0 Å². The van der Waals surface area contributed by atoms with Crippen molar-refractivity contribution in [3.8, 4) is 17.2 Å². The van der Waals surface area contributed by atoms with Crippen molar-refractivity contribution < 1.29 is 9.47 Å². The van der Waals surface area contributed by atoms with Crippen molar-refractivity contribution >= 4 is 11.9 Å². The first-order valence-corrected chi connectivity index (χ1v) is 6.62. The lowest BCUT2D eigenvalue weighted by Gasteiger charge is -2.14. The third-order valence-electron chi connectivity index (χ3n) is 3.12. The third kappa shape index (κ3) is 2.45. The Bertz CT molecular complexity index is 666. The maximum absolute atomic E-state index is 5.89. The van der Waals surface area contributed by atoms with E-state index in [4.69, 9.17) is 15.2 Å². The number of aromatic nitrogens is 1. The SMILES string of the molecule is CCOc1cc2c(cc1Oc1ccnc(N)c1)C=CC2. The topological polar surface area (TPSA) is 57.4 Å². The first-order valence-electron chi connectivity index (χ1n) is 6.62. The molecule has 3 rings (SSSR count). The number of allylic oxidation sites excluding steroid dienone is 1. The molecular formula is C16H16N2O2. The highest BCUT2D eigenvalue weighted by atomic mass is 16.5. The normalized spacial score (nSPS) is 12.2. The van der Waals surface area contributed by atoms with Crippen LogP contribution in [0, 0.1) is 0 Å². The Labute approximate surface area is 117 Å². The van der Waals surface area contributed by atoms with Gasteiger partial charge in [-0.1, -0.05) is 12.2 Å². The van der Waals surface area contributed by atoms with E-state index >= 15 is 0 Å². The first-order chi connectivity index (χ1) is 9.76. The minimum Gasteiger partial charge on any atom is -0.490 e. The molecule has 1 aliphatic carbocycles. The highest BCUT2D eigenvalue weighted by Crippen LogP contribution is 2.37. The van der Waals surface area contributed by atoms with Crippen molar-refractivity contribution in [2.75, 3.05) is 12.3 Å². The van der Waals surface area contributed by atoms with Crippen molar-refractivity contribution in [2.45, 2.75) is 13.3 Å². The summed E-state index contributed by atoms with van der Waals surface area (Å²) >= 11 is 0. The number of nitrogens with two attached hydrogens (primary N) is 1. The average molecular weight is 268 g/mol. The van der Waals surface area contributed by atoms with Gasteiger partial charge >= 0.3 is 0 Å². The summed E-state index contributed by atoms with van der Waals surface area (Å²) in [6, 6.07) is 7.51. The number of benzene rings is 1. The second-order valence-corrected chi connectivity index (χ2v) is 4.56. The largest absolute Gasteiger partial charge is 0.490 e. The van der Waals surface area contributed by atoms with Crippen LogP contribution in [0.1, 0.15) is 18.1 Å². The number of hydrogen-bond acceptors (Lipinski definition) is 4. The maximum atomic E-state index is 5.89. The van der Waals surface area contributed by atoms with E-state index in [-0.39, 0.29) is 0 Å². The highest BCUT2D eigenvalue weighted by molar-refractivity contribution is 5.65. The second kappa shape index (κ2) is 5.25. The number of nitrogens with zero attached hydrogens (tertiary/aromatic N) is 1. The number of ether oxygens (including phenoxy) is 2. The minimum atomic E-state index is 0.432. The Kier molecular flexibility index (Phi) is 3.29. The maximum Gasteiger partial charge on any atom is 0.169 e. The summed E-state index contributed by atoms with van der Waals surface area (Å²) in [7, 11) is 0. The molecule has 4 heteroatoms. The van der Waals surface area contributed by atoms with E-state index < -0.39 is 0 Å². The fourth-order valence-corrected chi connectivity index (χ4v) is 2.23. The number of anilines is 1. The Balaban J connectivity index is 1.96. The molecule has 0 atom stereocenters. The molecule has 0 saturated heterocycles. The van der Waals surface area contributed by atoms with Gasteiger partial charge in [0.05, 0.1) is 6.61 Å². The van der Waals surface area contributed by atoms with Gasteiger partial charge < -0.3 is 15.2 Å². The van der Waals surface area contributed by atoms with Crippen LogP contribution in [0.4, 0.5) is 5.82 Å². The lowest BCUT2D eigenvalue weighted by Crippen LogP contribution is -1.98. The molecule has 1 aliphatic rings. The van der Waals surface area contributed by atoms with Gasteiger partial charge in [-0.05, 0) is 42.7 Å². The van der Waals surface area contributed by atoms with Crippen LogP contribution in [0.5, 0.6) is 17.2 Å². The molecule has 2 N–H and O–H groups in total. The van der Waals surface area contributed by atoms with Crippen LogP contribution in [0.25, 0.3) is 6.08 Å². The molecule has 1 aromatic carbocycles. The number of rotatable bonds is 4. The molecule has 1 heterocycles. The summed E-state index contributed by atoms with van der Waals surface area (Å²) in [5, 5.41) is 0. The molecule has 0 fully saturated rings. The van der Waals surface area contributed by atoms with Crippen molar-refractivity contribution in [1.82, 2.24) is 4.98 Å². The van der Waals surface area contributed by atoms with E-state index in [9.17, 15) is 0 Å². The van der Waals surface area contributed by atoms with Crippen molar-refractivity contribution in [1.29, 1.82) is 0 Å². The van der Waals surface area contributed by atoms with Crippen LogP contribution in [0.3, 0.4) is 0 Å². The van der Waals surface area contributed by atoms with Gasteiger partial charge in [0.2, 0.25) is 0 Å². The molecule has 4 nitrogen and oxygen atoms in total. The van der Waals surface area contributed by atoms with Crippen LogP contribution >= 0.6 is 0 Å². The van der Waals surface area contributed by atoms with Gasteiger partial charge in [0, 0.05) is 12.3 Å². The van der Waals surface area contributed by atoms with Gasteiger partial charge in [-0.15, -0.1) is 0 Å². The fraction of sp³-hybridized carbons (Fsp3) is 0.188. The van der Waals surface area contributed by atoms with Gasteiger partial charge in [0.15, 0.2) is 11.5 Å². The van der Waals surface area contributed by atoms with E-state index in [1.54, 1.807) is 18.3 Å². The molecule has 2 aromatic rings. The van der Waals surface area contributed by atoms with Crippen molar-refractivity contribution in [2.24, 2.45) is 0 Å². The molecule has 0 unspecified atom stereocenters. The number of nitrogen functional groups attached to an aromatic ring is 1. The van der Waals surface area contributed by atoms with Gasteiger partial charge in [-0.25, -0.2) is 4.98 Å². The molecule has 0 aliphatic heterocycles. The molecule has 0 spiro atoms. The van der Waals surface area contributed by atoms with Gasteiger partial charge in [0.25, 0.3) is 0 Å². The van der Waals surface area contributed by atoms with Gasteiger partial charge in [-0.3, -0.25) is 0 Å². The van der Waals surface area contributed by atoms with Crippen LogP contribution in [0.15, 0.2) is 36.5 Å². The zero-order valence-electron chi connectivity index (χ0n) is 11.3. The molecular weight excluding hydrogens is 252 g/mol. The zero-order chi connectivity index (χ0) is 13.9. The molecule has 1 aromatic heterocycles. The number of fused-ring (bicyclic) bond motifs is 1. The van der Waals surface area contributed by atoms with Crippen molar-refractivity contribution in [3.63, 3.8) is 0 Å². The molecule has 102 valence electrons. The van der Waals surface area contributed by atoms with Crippen molar-refractivity contribution in [3.05, 3.63) is 47.7 Å². The molecule has 0 amide bonds. The first kappa shape index (κ1) is 12.5. The average Bonchev–Trinajstić information content (AvgIpc) is 2.86. The summed E-state index contributed by atoms with van der Waals surface area (Å²) in [6.45, 7) is 2.56. The quantitative estimate of drug-likeness (QED) is 0.923. The van der Waals surface area contributed by atoms with Gasteiger partial charge in [-0.2, -0.15) is 0 Å². The Morgan fingerprint density at radius 3 is 2.95 bits per heavy atom. The molecule has 0 radical (unpaired) electrons. The van der Waals surface area contributed by atoms with Crippen LogP contribution in [-0.4, -0.2) is 11.6 Å². The lowest BCUT2D eigenvalue weighted by atomic mass is 10.1. The van der Waals surface area contributed by atoms with Crippen LogP contribution in [-0.2, 0) is 6.42 Å². The highest BCUT2D eigenvalue weighted by Gasteiger charge is 2.14. The predicted octanol–water partition coefficient (Wildman–Crippen LogP) is 3.42. The lowest BCUT2D eigenvalue weighted by molar-refractivity contribution is 0.321. The van der Waals surface area contributed by atoms with E-state index in [2.05, 4.69) is 17.1 Å². The number of pyridine rings is 1. The van der Waals surface area contributed by atoms with E-state index in [1.165, 1.54) is 11.1 Å². The fourth-order valence-electron chi connectivity index (χ4n) is 2.23. The second-order valence-electron chi connectivity index (χ2n) is 4.56. The summed E-state index contributed by atoms with van der Waals surface area (Å²) in [5.41, 5.74) is 8.10. The third-order valence-corrected chi connectivity index (χ3v) is 3.12. The van der Waals surface area contributed by atoms with E-state index in [0.717, 1.165) is 12.2 Å². The standard InChI is InChI=1S/C16H16N2O2/c1-2-19-14-8-11-4-3-5-12(11)9-15(14)20-13-6-7-18-16(17)10-13/h3,5-10H,2,4H2,1H3,(H2,17,18). The van der Waals surface area contributed by atoms with Crippen LogP contribution < -0.4 is 15.2 Å². The molecule has 0 saturated carbocycles. The smallest absolute Gasteiger partial charge is 0.169 e. The van der Waals surface area contributed by atoms with E-state index in [0.29, 0.717) is 23.9 Å².